The molecule has 6 amide bonds. The van der Waals surface area contributed by atoms with Crippen molar-refractivity contribution >= 4 is 102 Å². The van der Waals surface area contributed by atoms with Gasteiger partial charge in [-0.3, -0.25) is 38.6 Å². The molecule has 10 heterocycles. The molecule has 4 saturated heterocycles. The first kappa shape index (κ1) is 74.1. The van der Waals surface area contributed by atoms with Crippen LogP contribution < -0.4 is 47.7 Å². The van der Waals surface area contributed by atoms with Crippen LogP contribution >= 0.6 is 0 Å². The van der Waals surface area contributed by atoms with E-state index in [0.29, 0.717) is 36.2 Å². The van der Waals surface area contributed by atoms with Crippen LogP contribution in [0.25, 0.3) is 43.1 Å². The number of alkyl halides is 6. The van der Waals surface area contributed by atoms with Gasteiger partial charge in [-0.25, -0.2) is 29.7 Å². The van der Waals surface area contributed by atoms with Gasteiger partial charge >= 0.3 is 12.4 Å². The average molecular weight is 1610 g/mol. The summed E-state index contributed by atoms with van der Waals surface area (Å²) >= 11 is 0. The summed E-state index contributed by atoms with van der Waals surface area (Å²) in [6, 6.07) is 38.1. The van der Waals surface area contributed by atoms with E-state index < -0.39 is 128 Å². The smallest absolute Gasteiger partial charge is 0.418 e. The van der Waals surface area contributed by atoms with E-state index in [2.05, 4.69) is 19.9 Å². The molecular formula is C86H58F6N8O18. The summed E-state index contributed by atoms with van der Waals surface area (Å²) in [6.45, 7) is 1.52. The summed E-state index contributed by atoms with van der Waals surface area (Å²) in [7, 11) is 0. The van der Waals surface area contributed by atoms with Crippen molar-refractivity contribution in [3.8, 4) is 69.0 Å². The minimum absolute atomic E-state index is 0.00999. The molecule has 0 bridgehead atoms. The number of nitrogens with zero attached hydrogens (tertiary/aromatic N) is 8. The third-order valence-corrected chi connectivity index (χ3v) is 20.0. The number of carbonyl (C=O) groups is 6. The number of fused-ring (bicyclic) bond motifs is 2. The Kier molecular flexibility index (Phi) is 18.6. The second-order valence-corrected chi connectivity index (χ2v) is 28.0. The summed E-state index contributed by atoms with van der Waals surface area (Å²) < 4.78 is 175. The lowest BCUT2D eigenvalue weighted by Gasteiger charge is -2.37. The van der Waals surface area contributed by atoms with Gasteiger partial charge in [0, 0.05) is 92.1 Å². The Morgan fingerprint density at radius 1 is 0.339 bits per heavy atom. The van der Waals surface area contributed by atoms with Gasteiger partial charge in [-0.05, 0) is 97.1 Å². The first-order valence-corrected chi connectivity index (χ1v) is 36.9. The number of carbonyl (C=O) groups excluding carboxylic acids is 6. The molecule has 13 aromatic rings. The Hall–Kier alpha value is -14.1. The second-order valence-electron chi connectivity index (χ2n) is 28.0. The van der Waals surface area contributed by atoms with Gasteiger partial charge in [-0.1, -0.05) is 72.8 Å². The molecule has 0 radical (unpaired) electrons. The van der Waals surface area contributed by atoms with E-state index in [9.17, 15) is 0 Å². The quantitative estimate of drug-likeness (QED) is 0.0145. The molecule has 0 saturated carbocycles. The van der Waals surface area contributed by atoms with Crippen LogP contribution in [0.2, 0.25) is 0 Å². The van der Waals surface area contributed by atoms with Crippen molar-refractivity contribution < 1.29 is 112 Å². The molecule has 6 unspecified atom stereocenters. The first-order chi connectivity index (χ1) is 57.2. The molecule has 6 aliphatic rings. The number of rotatable bonds is 28. The molecule has 32 heteroatoms. The van der Waals surface area contributed by atoms with Crippen molar-refractivity contribution in [3.05, 3.63) is 241 Å². The predicted octanol–water partition coefficient (Wildman–Crippen LogP) is 15.4. The molecular weight excluding hydrogens is 1550 g/mol. The monoisotopic (exact) mass is 1600 g/mol. The Morgan fingerprint density at radius 3 is 0.780 bits per heavy atom. The topological polar surface area (TPSA) is 291 Å². The van der Waals surface area contributed by atoms with Gasteiger partial charge in [0.15, 0.2) is 0 Å². The fraction of sp³-hybridized carbons (Fsp3) is 0.186. The van der Waals surface area contributed by atoms with Gasteiger partial charge in [-0.2, -0.15) is 26.3 Å². The van der Waals surface area contributed by atoms with Gasteiger partial charge < -0.3 is 56.8 Å². The SMILES string of the molecule is O=C(C(N1C(=O)c2cc(Oc3ccccc3)c3c4c(Oc5ccccc5)cc5c6c(cc(Oc7ccccc7)c(c7c(Oc8ccccc8)cc(c2c37)C1=O)c64)C(=O)N(C(C(=O)N(c1cc(OCC2CO2)ccn1)c1cc(OCC2CO2)ccn1)C(F)(F)F)C5=O)C(F)(F)F)N(c1cc(OCC2CO2)ccn1)c1cc(OCC2CO2)ccn1. The Balaban J connectivity index is 0.856. The highest BCUT2D eigenvalue weighted by atomic mass is 19.4. The van der Waals surface area contributed by atoms with Crippen LogP contribution in [0.5, 0.6) is 69.0 Å². The van der Waals surface area contributed by atoms with Crippen LogP contribution in [0.4, 0.5) is 49.6 Å². The molecule has 592 valence electrons. The molecule has 26 nitrogen and oxygen atoms in total. The average Bonchev–Trinajstić information content (AvgIpc) is 1.20. The second kappa shape index (κ2) is 29.6. The number of hydrogen-bond acceptors (Lipinski definition) is 22. The molecule has 19 rings (SSSR count). The molecule has 4 fully saturated rings. The van der Waals surface area contributed by atoms with E-state index >= 15 is 55.1 Å². The lowest BCUT2D eigenvalue weighted by Crippen LogP contribution is -2.60. The van der Waals surface area contributed by atoms with Crippen LogP contribution in [0.1, 0.15) is 41.4 Å². The summed E-state index contributed by atoms with van der Waals surface area (Å²) in [5.74, 6) is -14.2. The van der Waals surface area contributed by atoms with Crippen LogP contribution in [0.3, 0.4) is 0 Å². The van der Waals surface area contributed by atoms with Crippen LogP contribution in [0, 0.1) is 0 Å². The van der Waals surface area contributed by atoms with Crippen LogP contribution in [0.15, 0.2) is 219 Å². The van der Waals surface area contributed by atoms with E-state index in [0.717, 1.165) is 49.1 Å². The van der Waals surface area contributed by atoms with E-state index in [-0.39, 0.29) is 150 Å². The Labute approximate surface area is 662 Å². The van der Waals surface area contributed by atoms with Crippen LogP contribution in [-0.2, 0) is 28.5 Å². The standard InChI is InChI=1S/C86H58F6N8O18/c87-85(88,89)77(83(105)97(65-29-49(21-25-93-65)107-37-53-41-111-53)66-30-50(22-26-94-66)108-38-54-42-112-54)99-79(101)57-33-61(115-45-13-5-1-6-14-45)71-72-62(116-46-15-7-2-8-16-46)34-59-70-60(36-64(118-48-19-11-4-12-20-48)74(76(70)72)73-63(117-47-17-9-3-10-18-47)35-58(80(99)102)69(57)75(71)73)82(104)100(81(59)103)78(86(90,91)92)84(106)98(67-31-51(23-27-95-67)109-39-55-43-113-55)68-32-52(24-28-96-68)110-40-56-44-114-56/h1-36,53-56,77-78H,37-44H2. The van der Waals surface area contributed by atoms with E-state index in [1.165, 1.54) is 97.1 Å². The molecule has 0 N–H and O–H groups in total. The number of anilines is 4. The van der Waals surface area contributed by atoms with Gasteiger partial charge in [-0.15, -0.1) is 0 Å². The number of aromatic nitrogens is 4. The minimum atomic E-state index is -5.85. The molecule has 9 aromatic carbocycles. The molecule has 0 aliphatic carbocycles. The minimum Gasteiger partial charge on any atom is -0.491 e. The first-order valence-electron chi connectivity index (χ1n) is 36.9. The normalized spacial score (nSPS) is 17.6. The van der Waals surface area contributed by atoms with Gasteiger partial charge in [0.25, 0.3) is 35.4 Å². The number of ether oxygens (including phenoxy) is 12. The maximum absolute atomic E-state index is 17.1. The predicted molar refractivity (Wildman–Crippen MR) is 407 cm³/mol. The summed E-state index contributed by atoms with van der Waals surface area (Å²) in [5.41, 5.74) is -2.72. The Bertz CT molecular complexity index is 5500. The zero-order valence-electron chi connectivity index (χ0n) is 61.1. The lowest BCUT2D eigenvalue weighted by molar-refractivity contribution is -0.179. The third kappa shape index (κ3) is 14.2. The molecule has 0 spiro atoms. The van der Waals surface area contributed by atoms with Gasteiger partial charge in [0.1, 0.15) is 143 Å². The van der Waals surface area contributed by atoms with E-state index in [1.807, 2.05) is 0 Å². The number of epoxide rings is 4. The van der Waals surface area contributed by atoms with Crippen molar-refractivity contribution in [1.29, 1.82) is 0 Å². The summed E-state index contributed by atoms with van der Waals surface area (Å²) in [4.78, 5) is 115. The van der Waals surface area contributed by atoms with Crippen molar-refractivity contribution in [1.82, 2.24) is 29.7 Å². The fourth-order valence-corrected chi connectivity index (χ4v) is 14.4. The van der Waals surface area contributed by atoms with Crippen molar-refractivity contribution in [2.45, 2.75) is 48.9 Å². The zero-order valence-corrected chi connectivity index (χ0v) is 61.1. The van der Waals surface area contributed by atoms with E-state index in [4.69, 9.17) is 56.8 Å². The Morgan fingerprint density at radius 2 is 0.568 bits per heavy atom. The van der Waals surface area contributed by atoms with Crippen molar-refractivity contribution in [2.75, 3.05) is 62.7 Å². The number of halogens is 6. The van der Waals surface area contributed by atoms with E-state index in [1.54, 1.807) is 72.8 Å². The van der Waals surface area contributed by atoms with Gasteiger partial charge in [0.05, 0.1) is 48.7 Å². The summed E-state index contributed by atoms with van der Waals surface area (Å²) in [5, 5.41) is -1.88. The third-order valence-electron chi connectivity index (χ3n) is 20.0. The number of imide groups is 2. The number of benzene rings is 9. The number of hydrogen-bond donors (Lipinski definition) is 0. The fourth-order valence-electron chi connectivity index (χ4n) is 14.4. The number of amides is 6. The molecule has 6 aliphatic heterocycles. The molecule has 6 atom stereocenters. The highest BCUT2D eigenvalue weighted by molar-refractivity contribution is 6.45. The summed E-state index contributed by atoms with van der Waals surface area (Å²) in [6.07, 6.45) is -8.24. The number of para-hydroxylation sites is 4. The number of pyridine rings is 4. The zero-order chi connectivity index (χ0) is 80.8. The highest BCUT2D eigenvalue weighted by Crippen LogP contribution is 2.59. The van der Waals surface area contributed by atoms with Crippen molar-refractivity contribution in [2.24, 2.45) is 0 Å². The maximum Gasteiger partial charge on any atom is 0.418 e. The van der Waals surface area contributed by atoms with Gasteiger partial charge in [0.2, 0.25) is 12.1 Å². The van der Waals surface area contributed by atoms with Crippen LogP contribution in [-0.4, -0.2) is 167 Å². The highest BCUT2D eigenvalue weighted by Gasteiger charge is 2.59. The maximum atomic E-state index is 17.1. The molecule has 4 aromatic heterocycles. The lowest BCUT2D eigenvalue weighted by atomic mass is 9.80. The largest absolute Gasteiger partial charge is 0.491 e. The molecule has 118 heavy (non-hydrogen) atoms. The van der Waals surface area contributed by atoms with Crippen molar-refractivity contribution in [3.63, 3.8) is 0 Å².